The Balaban J connectivity index is 1.78. The van der Waals surface area contributed by atoms with Gasteiger partial charge in [-0.15, -0.1) is 0 Å². The highest BCUT2D eigenvalue weighted by Gasteiger charge is 2.34. The van der Waals surface area contributed by atoms with E-state index in [9.17, 15) is 18.4 Å². The highest BCUT2D eigenvalue weighted by Crippen LogP contribution is 2.22. The molecule has 1 saturated heterocycles. The summed E-state index contributed by atoms with van der Waals surface area (Å²) in [6.45, 7) is 2.07. The monoisotopic (exact) mass is 349 g/mol. The fourth-order valence-corrected chi connectivity index (χ4v) is 2.91. The molecule has 3 rings (SSSR count). The number of carbonyl (C=O) groups is 2. The van der Waals surface area contributed by atoms with Gasteiger partial charge < -0.3 is 14.7 Å². The number of hydrogen-bond donors (Lipinski definition) is 1. The van der Waals surface area contributed by atoms with Crippen molar-refractivity contribution in [2.24, 2.45) is 0 Å². The van der Waals surface area contributed by atoms with Crippen LogP contribution in [-0.2, 0) is 4.79 Å². The van der Waals surface area contributed by atoms with Crippen molar-refractivity contribution in [2.45, 2.75) is 32.2 Å². The van der Waals surface area contributed by atoms with Crippen molar-refractivity contribution in [2.75, 3.05) is 11.9 Å². The summed E-state index contributed by atoms with van der Waals surface area (Å²) in [5, 5.41) is 6.17. The highest BCUT2D eigenvalue weighted by atomic mass is 19.1. The van der Waals surface area contributed by atoms with Crippen molar-refractivity contribution in [1.29, 1.82) is 0 Å². The van der Waals surface area contributed by atoms with Crippen LogP contribution in [0, 0.1) is 18.6 Å². The van der Waals surface area contributed by atoms with Crippen molar-refractivity contribution < 1.29 is 22.9 Å². The van der Waals surface area contributed by atoms with Crippen LogP contribution in [0.5, 0.6) is 0 Å². The van der Waals surface area contributed by atoms with Crippen LogP contribution in [0.15, 0.2) is 28.8 Å². The van der Waals surface area contributed by atoms with E-state index in [1.54, 1.807) is 6.92 Å². The Bertz CT molecular complexity index is 786. The summed E-state index contributed by atoms with van der Waals surface area (Å²) in [7, 11) is 0. The van der Waals surface area contributed by atoms with Crippen LogP contribution >= 0.6 is 0 Å². The van der Waals surface area contributed by atoms with Crippen LogP contribution in [0.1, 0.15) is 35.5 Å². The van der Waals surface area contributed by atoms with Gasteiger partial charge in [-0.1, -0.05) is 5.16 Å². The van der Waals surface area contributed by atoms with Crippen LogP contribution in [0.25, 0.3) is 0 Å². The maximum atomic E-state index is 13.3. The Morgan fingerprint density at radius 3 is 2.56 bits per heavy atom. The van der Waals surface area contributed by atoms with Crippen molar-refractivity contribution >= 4 is 17.5 Å². The number of hydrogen-bond acceptors (Lipinski definition) is 4. The smallest absolute Gasteiger partial charge is 0.276 e. The first kappa shape index (κ1) is 17.1. The lowest BCUT2D eigenvalue weighted by Crippen LogP contribution is -2.50. The third-order valence-corrected chi connectivity index (χ3v) is 4.04. The predicted octanol–water partition coefficient (Wildman–Crippen LogP) is 2.89. The van der Waals surface area contributed by atoms with E-state index in [-0.39, 0.29) is 11.4 Å². The maximum absolute atomic E-state index is 13.3. The molecule has 1 N–H and O–H groups in total. The normalized spacial score (nSPS) is 17.4. The van der Waals surface area contributed by atoms with Gasteiger partial charge in [0.1, 0.15) is 23.4 Å². The lowest BCUT2D eigenvalue weighted by molar-refractivity contribution is -0.121. The molecule has 132 valence electrons. The minimum absolute atomic E-state index is 0.0118. The third kappa shape index (κ3) is 3.84. The number of aromatic nitrogens is 1. The SMILES string of the molecule is Cc1cc(C(=O)N2CCCC[C@H]2C(=O)Nc2cc(F)cc(F)c2)no1. The summed E-state index contributed by atoms with van der Waals surface area (Å²) >= 11 is 0. The van der Waals surface area contributed by atoms with E-state index in [1.165, 1.54) is 11.0 Å². The molecule has 0 radical (unpaired) electrons. The Kier molecular flexibility index (Phi) is 4.78. The minimum atomic E-state index is -0.787. The topological polar surface area (TPSA) is 75.4 Å². The van der Waals surface area contributed by atoms with E-state index in [0.717, 1.165) is 31.0 Å². The van der Waals surface area contributed by atoms with Crippen LogP contribution in [-0.4, -0.2) is 34.5 Å². The van der Waals surface area contributed by atoms with Crippen LogP contribution in [0.4, 0.5) is 14.5 Å². The first-order valence-electron chi connectivity index (χ1n) is 7.95. The zero-order chi connectivity index (χ0) is 18.0. The molecule has 1 atom stereocenters. The summed E-state index contributed by atoms with van der Waals surface area (Å²) in [5.74, 6) is -1.97. The lowest BCUT2D eigenvalue weighted by atomic mass is 10.0. The van der Waals surface area contributed by atoms with Gasteiger partial charge in [0, 0.05) is 24.4 Å². The molecular weight excluding hydrogens is 332 g/mol. The average Bonchev–Trinajstić information content (AvgIpc) is 2.99. The fourth-order valence-electron chi connectivity index (χ4n) is 2.91. The molecule has 1 aliphatic rings. The van der Waals surface area contributed by atoms with Crippen LogP contribution in [0.3, 0.4) is 0 Å². The number of carbonyl (C=O) groups excluding carboxylic acids is 2. The summed E-state index contributed by atoms with van der Waals surface area (Å²) in [6.07, 6.45) is 2.00. The summed E-state index contributed by atoms with van der Waals surface area (Å²) < 4.78 is 31.5. The Hall–Kier alpha value is -2.77. The van der Waals surface area contributed by atoms with E-state index >= 15 is 0 Å². The number of likely N-dealkylation sites (tertiary alicyclic amines) is 1. The first-order valence-corrected chi connectivity index (χ1v) is 7.95. The van der Waals surface area contributed by atoms with Gasteiger partial charge in [0.25, 0.3) is 5.91 Å². The molecule has 1 aromatic heterocycles. The van der Waals surface area contributed by atoms with E-state index < -0.39 is 29.5 Å². The number of rotatable bonds is 3. The number of nitrogens with one attached hydrogen (secondary N) is 1. The van der Waals surface area contributed by atoms with Crippen molar-refractivity contribution in [3.8, 4) is 0 Å². The highest BCUT2D eigenvalue weighted by molar-refractivity contribution is 6.00. The number of halogens is 2. The van der Waals surface area contributed by atoms with Gasteiger partial charge in [-0.05, 0) is 38.3 Å². The molecule has 2 heterocycles. The molecule has 1 fully saturated rings. The fraction of sp³-hybridized carbons (Fsp3) is 0.353. The summed E-state index contributed by atoms with van der Waals surface area (Å²) in [4.78, 5) is 26.6. The molecule has 0 saturated carbocycles. The number of anilines is 1. The standard InChI is InChI=1S/C17H17F2N3O3/c1-10-6-14(21-25-10)17(24)22-5-3-2-4-15(22)16(23)20-13-8-11(18)7-12(19)9-13/h6-9,15H,2-5H2,1H3,(H,20,23)/t15-/m0/s1. The lowest BCUT2D eigenvalue weighted by Gasteiger charge is -2.34. The van der Waals surface area contributed by atoms with Gasteiger partial charge in [0.05, 0.1) is 0 Å². The molecule has 6 nitrogen and oxygen atoms in total. The molecule has 2 aromatic rings. The largest absolute Gasteiger partial charge is 0.361 e. The first-order chi connectivity index (χ1) is 11.9. The Labute approximate surface area is 142 Å². The number of amides is 2. The van der Waals surface area contributed by atoms with Gasteiger partial charge in [-0.3, -0.25) is 9.59 Å². The van der Waals surface area contributed by atoms with Gasteiger partial charge in [0.2, 0.25) is 5.91 Å². The third-order valence-electron chi connectivity index (χ3n) is 4.04. The average molecular weight is 349 g/mol. The molecule has 2 amide bonds. The number of benzene rings is 1. The molecule has 1 aromatic carbocycles. The van der Waals surface area contributed by atoms with Gasteiger partial charge in [0.15, 0.2) is 5.69 Å². The second-order valence-electron chi connectivity index (χ2n) is 5.98. The summed E-state index contributed by atoms with van der Waals surface area (Å²) in [5.41, 5.74) is 0.145. The van der Waals surface area contributed by atoms with Crippen LogP contribution < -0.4 is 5.32 Å². The molecule has 8 heteroatoms. The Morgan fingerprint density at radius 2 is 1.92 bits per heavy atom. The maximum Gasteiger partial charge on any atom is 0.276 e. The molecule has 1 aliphatic heterocycles. The minimum Gasteiger partial charge on any atom is -0.361 e. The molecular formula is C17H17F2N3O3. The van der Waals surface area contributed by atoms with Crippen molar-refractivity contribution in [3.63, 3.8) is 0 Å². The molecule has 0 aliphatic carbocycles. The summed E-state index contributed by atoms with van der Waals surface area (Å²) in [6, 6.07) is 3.55. The molecule has 0 spiro atoms. The molecule has 0 bridgehead atoms. The number of nitrogens with zero attached hydrogens (tertiary/aromatic N) is 2. The van der Waals surface area contributed by atoms with E-state index in [0.29, 0.717) is 18.7 Å². The van der Waals surface area contributed by atoms with E-state index in [4.69, 9.17) is 4.52 Å². The van der Waals surface area contributed by atoms with Gasteiger partial charge >= 0.3 is 0 Å². The number of aryl methyl sites for hydroxylation is 1. The zero-order valence-electron chi connectivity index (χ0n) is 13.6. The quantitative estimate of drug-likeness (QED) is 0.924. The van der Waals surface area contributed by atoms with E-state index in [2.05, 4.69) is 10.5 Å². The second-order valence-corrected chi connectivity index (χ2v) is 5.98. The zero-order valence-corrected chi connectivity index (χ0v) is 13.6. The van der Waals surface area contributed by atoms with Gasteiger partial charge in [-0.2, -0.15) is 0 Å². The van der Waals surface area contributed by atoms with Crippen molar-refractivity contribution in [1.82, 2.24) is 10.1 Å². The molecule has 0 unspecified atom stereocenters. The van der Waals surface area contributed by atoms with Gasteiger partial charge in [-0.25, -0.2) is 8.78 Å². The number of piperidine rings is 1. The van der Waals surface area contributed by atoms with Crippen molar-refractivity contribution in [3.05, 3.63) is 47.4 Å². The molecule has 25 heavy (non-hydrogen) atoms. The second kappa shape index (κ2) is 7.00. The van der Waals surface area contributed by atoms with Crippen LogP contribution in [0.2, 0.25) is 0 Å². The Morgan fingerprint density at radius 1 is 1.20 bits per heavy atom. The predicted molar refractivity (Wildman–Crippen MR) is 84.9 cm³/mol. The van der Waals surface area contributed by atoms with E-state index in [1.807, 2.05) is 0 Å².